The van der Waals surface area contributed by atoms with Gasteiger partial charge in [0.15, 0.2) is 11.6 Å². The monoisotopic (exact) mass is 467 g/mol. The molecule has 12 heteroatoms. The minimum Gasteiger partial charge on any atom is -0.335 e. The zero-order valence-corrected chi connectivity index (χ0v) is 17.5. The molecule has 0 aliphatic carbocycles. The molecule has 1 saturated heterocycles. The van der Waals surface area contributed by atoms with Crippen molar-refractivity contribution in [2.24, 2.45) is 0 Å². The van der Waals surface area contributed by atoms with Crippen LogP contribution in [0.15, 0.2) is 47.4 Å². The highest BCUT2D eigenvalue weighted by molar-refractivity contribution is 7.89. The van der Waals surface area contributed by atoms with Crippen molar-refractivity contribution >= 4 is 43.0 Å². The third-order valence-electron chi connectivity index (χ3n) is 4.98. The number of carbonyl (C=O) groups is 1. The standard InChI is InChI=1S/C19H15F2N3O5S2/c20-15-3-2-14(11-16(15)21)31(28,29)23-7-5-22(6-8-23)19(25)18-10-12-9-13(24(26)27)1-4-17(12)30-18/h1-4,9-11H,5-8H2. The third-order valence-corrected chi connectivity index (χ3v) is 7.97. The molecule has 31 heavy (non-hydrogen) atoms. The van der Waals surface area contributed by atoms with E-state index in [1.807, 2.05) is 0 Å². The summed E-state index contributed by atoms with van der Waals surface area (Å²) in [6, 6.07) is 8.33. The lowest BCUT2D eigenvalue weighted by Crippen LogP contribution is -2.50. The first-order chi connectivity index (χ1) is 14.7. The van der Waals surface area contributed by atoms with E-state index in [4.69, 9.17) is 0 Å². The maximum absolute atomic E-state index is 13.4. The van der Waals surface area contributed by atoms with Crippen LogP contribution in [0.25, 0.3) is 10.1 Å². The number of nitro groups is 1. The fraction of sp³-hybridized carbons (Fsp3) is 0.211. The molecule has 0 bridgehead atoms. The lowest BCUT2D eigenvalue weighted by atomic mass is 10.2. The number of hydrogen-bond acceptors (Lipinski definition) is 6. The quantitative estimate of drug-likeness (QED) is 0.433. The molecule has 0 atom stereocenters. The van der Waals surface area contributed by atoms with Gasteiger partial charge in [-0.3, -0.25) is 14.9 Å². The molecular weight excluding hydrogens is 452 g/mol. The second-order valence-corrected chi connectivity index (χ2v) is 9.88. The van der Waals surface area contributed by atoms with Gasteiger partial charge >= 0.3 is 0 Å². The van der Waals surface area contributed by atoms with Crippen molar-refractivity contribution in [2.75, 3.05) is 26.2 Å². The summed E-state index contributed by atoms with van der Waals surface area (Å²) in [5, 5.41) is 11.5. The van der Waals surface area contributed by atoms with E-state index in [2.05, 4.69) is 0 Å². The highest BCUT2D eigenvalue weighted by Gasteiger charge is 2.31. The molecule has 0 saturated carbocycles. The van der Waals surface area contributed by atoms with E-state index in [1.165, 1.54) is 28.4 Å². The summed E-state index contributed by atoms with van der Waals surface area (Å²) in [6.45, 7) is 0.249. The Morgan fingerprint density at radius 2 is 1.71 bits per heavy atom. The average Bonchev–Trinajstić information content (AvgIpc) is 3.18. The molecule has 1 aliphatic heterocycles. The molecule has 3 aromatic rings. The molecule has 162 valence electrons. The number of amides is 1. The van der Waals surface area contributed by atoms with E-state index in [0.29, 0.717) is 16.3 Å². The summed E-state index contributed by atoms with van der Waals surface area (Å²) in [7, 11) is -4.02. The van der Waals surface area contributed by atoms with Crippen molar-refractivity contribution < 1.29 is 26.9 Å². The van der Waals surface area contributed by atoms with Gasteiger partial charge < -0.3 is 4.90 Å². The topological polar surface area (TPSA) is 101 Å². The fourth-order valence-corrected chi connectivity index (χ4v) is 5.77. The Morgan fingerprint density at radius 3 is 2.35 bits per heavy atom. The molecule has 0 N–H and O–H groups in total. The predicted molar refractivity (Wildman–Crippen MR) is 109 cm³/mol. The Balaban J connectivity index is 1.48. The van der Waals surface area contributed by atoms with Gasteiger partial charge in [-0.2, -0.15) is 4.31 Å². The summed E-state index contributed by atoms with van der Waals surface area (Å²) < 4.78 is 53.8. The summed E-state index contributed by atoms with van der Waals surface area (Å²) in [5.74, 6) is -2.68. The van der Waals surface area contributed by atoms with Crippen LogP contribution in [0.5, 0.6) is 0 Å². The lowest BCUT2D eigenvalue weighted by Gasteiger charge is -2.33. The van der Waals surface area contributed by atoms with Crippen LogP contribution in [-0.4, -0.2) is 54.6 Å². The number of non-ortho nitro benzene ring substituents is 1. The van der Waals surface area contributed by atoms with Crippen LogP contribution in [0, 0.1) is 21.7 Å². The second kappa shape index (κ2) is 7.94. The highest BCUT2D eigenvalue weighted by Crippen LogP contribution is 2.30. The fourth-order valence-electron chi connectivity index (χ4n) is 3.32. The summed E-state index contributed by atoms with van der Waals surface area (Å²) >= 11 is 1.20. The summed E-state index contributed by atoms with van der Waals surface area (Å²) in [4.78, 5) is 24.8. The molecule has 0 radical (unpaired) electrons. The van der Waals surface area contributed by atoms with Crippen molar-refractivity contribution in [3.05, 3.63) is 69.1 Å². The van der Waals surface area contributed by atoms with Gasteiger partial charge in [-0.05, 0) is 30.3 Å². The Labute approximate surface area is 179 Å². The molecule has 1 aromatic heterocycles. The minimum absolute atomic E-state index is 0.00341. The summed E-state index contributed by atoms with van der Waals surface area (Å²) in [5.41, 5.74) is -0.0691. The molecule has 2 aromatic carbocycles. The molecular formula is C19H15F2N3O5S2. The predicted octanol–water partition coefficient (Wildman–Crippen LogP) is 3.23. The van der Waals surface area contributed by atoms with Crippen LogP contribution < -0.4 is 0 Å². The van der Waals surface area contributed by atoms with Crippen LogP contribution >= 0.6 is 11.3 Å². The second-order valence-electron chi connectivity index (χ2n) is 6.86. The number of piperazine rings is 1. The summed E-state index contributed by atoms with van der Waals surface area (Å²) in [6.07, 6.45) is 0. The van der Waals surface area contributed by atoms with E-state index >= 15 is 0 Å². The van der Waals surface area contributed by atoms with Crippen LogP contribution in [0.4, 0.5) is 14.5 Å². The molecule has 2 heterocycles. The maximum Gasteiger partial charge on any atom is 0.270 e. The van der Waals surface area contributed by atoms with E-state index in [9.17, 15) is 32.1 Å². The van der Waals surface area contributed by atoms with Crippen molar-refractivity contribution in [3.8, 4) is 0 Å². The number of halogens is 2. The normalized spacial score (nSPS) is 15.4. The van der Waals surface area contributed by atoms with E-state index in [1.54, 1.807) is 12.1 Å². The smallest absolute Gasteiger partial charge is 0.270 e. The number of nitrogens with zero attached hydrogens (tertiary/aromatic N) is 3. The number of nitro benzene ring substituents is 1. The first-order valence-corrected chi connectivity index (χ1v) is 11.3. The Hall–Kier alpha value is -2.96. The number of rotatable bonds is 4. The van der Waals surface area contributed by atoms with E-state index in [-0.39, 0.29) is 42.7 Å². The highest BCUT2D eigenvalue weighted by atomic mass is 32.2. The van der Waals surface area contributed by atoms with Crippen molar-refractivity contribution in [1.82, 2.24) is 9.21 Å². The van der Waals surface area contributed by atoms with Crippen LogP contribution in [0.3, 0.4) is 0 Å². The number of sulfonamides is 1. The zero-order valence-electron chi connectivity index (χ0n) is 15.8. The number of carbonyl (C=O) groups excluding carboxylic acids is 1. The average molecular weight is 467 g/mol. The van der Waals surface area contributed by atoms with Gasteiger partial charge in [-0.15, -0.1) is 11.3 Å². The van der Waals surface area contributed by atoms with Crippen LogP contribution in [-0.2, 0) is 10.0 Å². The first-order valence-electron chi connectivity index (χ1n) is 9.09. The van der Waals surface area contributed by atoms with Crippen LogP contribution in [0.1, 0.15) is 9.67 Å². The first kappa shape index (κ1) is 21.3. The van der Waals surface area contributed by atoms with Gasteiger partial charge in [0, 0.05) is 48.4 Å². The van der Waals surface area contributed by atoms with Crippen molar-refractivity contribution in [3.63, 3.8) is 0 Å². The van der Waals surface area contributed by atoms with E-state index < -0.39 is 26.6 Å². The third kappa shape index (κ3) is 4.01. The number of thiophene rings is 1. The number of fused-ring (bicyclic) bond motifs is 1. The van der Waals surface area contributed by atoms with Crippen molar-refractivity contribution in [2.45, 2.75) is 4.90 Å². The SMILES string of the molecule is O=C(c1cc2cc([N+](=O)[O-])ccc2s1)N1CCN(S(=O)(=O)c2ccc(F)c(F)c2)CC1. The van der Waals surface area contributed by atoms with Crippen LogP contribution in [0.2, 0.25) is 0 Å². The zero-order chi connectivity index (χ0) is 22.3. The van der Waals surface area contributed by atoms with Gasteiger partial charge in [0.25, 0.3) is 11.6 Å². The number of hydrogen-bond donors (Lipinski definition) is 0. The Bertz CT molecular complexity index is 1300. The maximum atomic E-state index is 13.4. The Morgan fingerprint density at radius 1 is 1.00 bits per heavy atom. The van der Waals surface area contributed by atoms with Gasteiger partial charge in [0.05, 0.1) is 14.7 Å². The Kier molecular flexibility index (Phi) is 5.45. The molecule has 8 nitrogen and oxygen atoms in total. The lowest BCUT2D eigenvalue weighted by molar-refractivity contribution is -0.384. The molecule has 0 spiro atoms. The largest absolute Gasteiger partial charge is 0.335 e. The molecule has 1 fully saturated rings. The van der Waals surface area contributed by atoms with E-state index in [0.717, 1.165) is 21.1 Å². The molecule has 0 unspecified atom stereocenters. The molecule has 1 aliphatic rings. The van der Waals surface area contributed by atoms with Gasteiger partial charge in [0.1, 0.15) is 0 Å². The molecule has 4 rings (SSSR count). The molecule has 1 amide bonds. The van der Waals surface area contributed by atoms with Gasteiger partial charge in [-0.1, -0.05) is 0 Å². The van der Waals surface area contributed by atoms with Gasteiger partial charge in [-0.25, -0.2) is 17.2 Å². The number of benzene rings is 2. The minimum atomic E-state index is -4.02. The van der Waals surface area contributed by atoms with Gasteiger partial charge in [0.2, 0.25) is 10.0 Å². The van der Waals surface area contributed by atoms with Crippen molar-refractivity contribution in [1.29, 1.82) is 0 Å².